The average molecular weight is 629 g/mol. The first-order valence-electron chi connectivity index (χ1n) is 17.9. The van der Waals surface area contributed by atoms with Crippen LogP contribution in [0.25, 0.3) is 0 Å². The van der Waals surface area contributed by atoms with Gasteiger partial charge in [0.2, 0.25) is 0 Å². The van der Waals surface area contributed by atoms with Crippen molar-refractivity contribution in [3.8, 4) is 0 Å². The minimum Gasteiger partial charge on any atom is -0.736 e. The van der Waals surface area contributed by atoms with Gasteiger partial charge in [0.15, 0.2) is 0 Å². The van der Waals surface area contributed by atoms with Gasteiger partial charge in [-0.05, 0) is 51.4 Å². The highest BCUT2D eigenvalue weighted by molar-refractivity contribution is 7.58. The lowest BCUT2D eigenvalue weighted by molar-refractivity contribution is -0.929. The summed E-state index contributed by atoms with van der Waals surface area (Å²) in [5, 5.41) is 13.7. The highest BCUT2D eigenvalue weighted by atomic mass is 32.1. The quantitative estimate of drug-likeness (QED) is 0.0841. The number of unbranched alkanes of at least 4 members (excludes halogenated alkanes) is 8. The first-order chi connectivity index (χ1) is 20.3. The van der Waals surface area contributed by atoms with E-state index < -0.39 is 0 Å². The van der Waals surface area contributed by atoms with Crippen LogP contribution in [0.1, 0.15) is 158 Å². The van der Waals surface area contributed by atoms with Crippen LogP contribution >= 0.6 is 0 Å². The lowest BCUT2D eigenvalue weighted by atomic mass is 10.1. The number of nitrogens with zero attached hydrogens (tertiary/aromatic N) is 6. The number of rotatable bonds is 24. The summed E-state index contributed by atoms with van der Waals surface area (Å²) in [6.45, 7) is 30.0. The number of hydrogen-bond acceptors (Lipinski definition) is 6. The van der Waals surface area contributed by atoms with Crippen LogP contribution in [0.15, 0.2) is 10.3 Å². The SMILES string of the molecule is CCCC[N+](CCCC)(CCCC)CCCC.CCCC[N+](CCCC)(CCCC)CCCC.[S-]c1nnc([S-])nn1. The van der Waals surface area contributed by atoms with E-state index in [4.69, 9.17) is 0 Å². The van der Waals surface area contributed by atoms with Crippen LogP contribution in [0.2, 0.25) is 0 Å². The summed E-state index contributed by atoms with van der Waals surface area (Å²) in [4.78, 5) is 0. The molecule has 0 fully saturated rings. The molecule has 0 saturated heterocycles. The van der Waals surface area contributed by atoms with Crippen LogP contribution in [-0.4, -0.2) is 81.7 Å². The molecule has 42 heavy (non-hydrogen) atoms. The van der Waals surface area contributed by atoms with Crippen molar-refractivity contribution in [3.63, 3.8) is 0 Å². The normalized spacial score (nSPS) is 11.4. The Labute approximate surface area is 274 Å². The van der Waals surface area contributed by atoms with Crippen LogP contribution in [0, 0.1) is 0 Å². The van der Waals surface area contributed by atoms with Gasteiger partial charge in [0.05, 0.1) is 62.7 Å². The summed E-state index contributed by atoms with van der Waals surface area (Å²) < 4.78 is 2.84. The van der Waals surface area contributed by atoms with E-state index in [1.807, 2.05) is 0 Å². The molecule has 0 N–H and O–H groups in total. The van der Waals surface area contributed by atoms with Crippen molar-refractivity contribution in [1.82, 2.24) is 20.4 Å². The van der Waals surface area contributed by atoms with Gasteiger partial charge in [-0.3, -0.25) is 0 Å². The van der Waals surface area contributed by atoms with Crippen LogP contribution < -0.4 is 0 Å². The molecule has 1 aromatic heterocycles. The third-order valence-corrected chi connectivity index (χ3v) is 8.66. The standard InChI is InChI=1S/2C16H36N.C2H2N4S2/c2*1-5-9-13-17(14-10-6-2,15-11-7-3)16-12-8-4;7-1-3-5-2(8)6-4-1/h2*5-16H2,1-4H3;(H,3,4,7)(H,5,6,8)/q2*+1;/p-2. The summed E-state index contributed by atoms with van der Waals surface area (Å²) in [5.41, 5.74) is 0. The van der Waals surface area contributed by atoms with E-state index >= 15 is 0 Å². The molecule has 1 heterocycles. The zero-order valence-corrected chi connectivity index (χ0v) is 31.1. The smallest absolute Gasteiger partial charge is 0.0786 e. The fourth-order valence-corrected chi connectivity index (χ4v) is 5.66. The van der Waals surface area contributed by atoms with Gasteiger partial charge in [0.1, 0.15) is 0 Å². The van der Waals surface area contributed by atoms with Gasteiger partial charge < -0.3 is 34.2 Å². The van der Waals surface area contributed by atoms with Crippen LogP contribution in [0.3, 0.4) is 0 Å². The monoisotopic (exact) mass is 629 g/mol. The first kappa shape index (κ1) is 43.4. The van der Waals surface area contributed by atoms with Crippen molar-refractivity contribution in [3.05, 3.63) is 0 Å². The highest BCUT2D eigenvalue weighted by Gasteiger charge is 2.25. The summed E-state index contributed by atoms with van der Waals surface area (Å²) in [6, 6.07) is 0. The molecule has 250 valence electrons. The molecular formula is C34H72N6S2. The summed E-state index contributed by atoms with van der Waals surface area (Å²) in [6.07, 6.45) is 22.1. The molecule has 0 unspecified atom stereocenters. The minimum atomic E-state index is 0.124. The van der Waals surface area contributed by atoms with E-state index in [2.05, 4.69) is 101 Å². The van der Waals surface area contributed by atoms with Crippen molar-refractivity contribution in [2.45, 2.75) is 168 Å². The van der Waals surface area contributed by atoms with Gasteiger partial charge in [0.25, 0.3) is 0 Å². The molecule has 6 nitrogen and oxygen atoms in total. The Morgan fingerprint density at radius 2 is 0.476 bits per heavy atom. The second kappa shape index (κ2) is 30.3. The topological polar surface area (TPSA) is 51.6 Å². The zero-order valence-electron chi connectivity index (χ0n) is 29.5. The van der Waals surface area contributed by atoms with Crippen LogP contribution in [0.5, 0.6) is 0 Å². The highest BCUT2D eigenvalue weighted by Crippen LogP contribution is 2.17. The van der Waals surface area contributed by atoms with Crippen LogP contribution in [-0.2, 0) is 25.3 Å². The second-order valence-electron chi connectivity index (χ2n) is 12.3. The molecule has 1 rings (SSSR count). The minimum absolute atomic E-state index is 0.124. The maximum absolute atomic E-state index is 4.48. The van der Waals surface area contributed by atoms with Crippen molar-refractivity contribution >= 4 is 25.3 Å². The summed E-state index contributed by atoms with van der Waals surface area (Å²) in [7, 11) is 0. The Morgan fingerprint density at radius 3 is 0.595 bits per heavy atom. The van der Waals surface area contributed by atoms with Gasteiger partial charge in [-0.25, -0.2) is 0 Å². The number of aromatic nitrogens is 4. The van der Waals surface area contributed by atoms with Gasteiger partial charge in [-0.1, -0.05) is 107 Å². The van der Waals surface area contributed by atoms with Gasteiger partial charge in [-0.2, -0.15) is 20.4 Å². The Kier molecular flexibility index (Phi) is 31.4. The Bertz CT molecular complexity index is 542. The van der Waals surface area contributed by atoms with Gasteiger partial charge >= 0.3 is 0 Å². The largest absolute Gasteiger partial charge is 0.736 e. The van der Waals surface area contributed by atoms with E-state index in [1.54, 1.807) is 0 Å². The fraction of sp³-hybridized carbons (Fsp3) is 0.941. The Hall–Kier alpha value is -0.700. The third-order valence-electron chi connectivity index (χ3n) is 8.33. The maximum atomic E-state index is 4.48. The molecule has 0 radical (unpaired) electrons. The zero-order chi connectivity index (χ0) is 32.0. The summed E-state index contributed by atoms with van der Waals surface area (Å²) in [5.74, 6) is 0. The Morgan fingerprint density at radius 1 is 0.333 bits per heavy atom. The maximum Gasteiger partial charge on any atom is 0.0786 e. The molecule has 0 aliphatic rings. The molecule has 1 aromatic rings. The van der Waals surface area contributed by atoms with E-state index in [-0.39, 0.29) is 10.3 Å². The lowest BCUT2D eigenvalue weighted by Crippen LogP contribution is -2.50. The molecule has 0 bridgehead atoms. The fourth-order valence-electron chi connectivity index (χ4n) is 5.50. The predicted octanol–water partition coefficient (Wildman–Crippen LogP) is 9.09. The molecule has 0 aliphatic carbocycles. The van der Waals surface area contributed by atoms with Crippen LogP contribution in [0.4, 0.5) is 0 Å². The van der Waals surface area contributed by atoms with Crippen molar-refractivity contribution in [2.24, 2.45) is 0 Å². The summed E-state index contributed by atoms with van der Waals surface area (Å²) >= 11 is 8.96. The molecule has 8 heteroatoms. The molecule has 0 saturated carbocycles. The Balaban J connectivity index is 0. The molecule has 0 amide bonds. The first-order valence-corrected chi connectivity index (χ1v) is 18.7. The molecule has 0 spiro atoms. The van der Waals surface area contributed by atoms with Gasteiger partial charge in [-0.15, -0.1) is 0 Å². The van der Waals surface area contributed by atoms with E-state index in [9.17, 15) is 0 Å². The van der Waals surface area contributed by atoms with Gasteiger partial charge in [0, 0.05) is 0 Å². The number of quaternary nitrogens is 2. The van der Waals surface area contributed by atoms with E-state index in [0.717, 1.165) is 0 Å². The van der Waals surface area contributed by atoms with E-state index in [1.165, 1.54) is 164 Å². The van der Waals surface area contributed by atoms with E-state index in [0.29, 0.717) is 0 Å². The second-order valence-corrected chi connectivity index (χ2v) is 13.0. The van der Waals surface area contributed by atoms with Crippen molar-refractivity contribution in [2.75, 3.05) is 52.4 Å². The average Bonchev–Trinajstić information content (AvgIpc) is 3.01. The molecule has 0 aromatic carbocycles. The molecule has 0 aliphatic heterocycles. The van der Waals surface area contributed by atoms with Crippen molar-refractivity contribution in [1.29, 1.82) is 0 Å². The van der Waals surface area contributed by atoms with Crippen molar-refractivity contribution < 1.29 is 8.97 Å². The lowest BCUT2D eigenvalue weighted by Gasteiger charge is -2.39. The molecule has 0 atom stereocenters. The predicted molar refractivity (Wildman–Crippen MR) is 188 cm³/mol. The number of hydrogen-bond donors (Lipinski definition) is 0. The third kappa shape index (κ3) is 23.7. The molecular weight excluding hydrogens is 557 g/mol.